The molecule has 0 atom stereocenters. The van der Waals surface area contributed by atoms with Crippen molar-refractivity contribution < 1.29 is 28.9 Å². The van der Waals surface area contributed by atoms with Crippen LogP contribution in [0.4, 0.5) is 0 Å². The van der Waals surface area contributed by atoms with Crippen LogP contribution in [0.5, 0.6) is 0 Å². The minimum absolute atomic E-state index is 0.0342. The highest BCUT2D eigenvalue weighted by Gasteiger charge is 2.45. The molecule has 234 valence electrons. The van der Waals surface area contributed by atoms with E-state index in [0.717, 1.165) is 128 Å². The lowest BCUT2D eigenvalue weighted by Crippen LogP contribution is -2.31. The van der Waals surface area contributed by atoms with Crippen molar-refractivity contribution in [3.8, 4) is 0 Å². The van der Waals surface area contributed by atoms with Crippen molar-refractivity contribution in [2.75, 3.05) is 0 Å². The number of carbonyl (C=O) groups is 2. The van der Waals surface area contributed by atoms with Gasteiger partial charge in [-0.1, -0.05) is 89.2 Å². The van der Waals surface area contributed by atoms with Gasteiger partial charge < -0.3 is 28.9 Å². The zero-order valence-electron chi connectivity index (χ0n) is 25.4. The van der Waals surface area contributed by atoms with Gasteiger partial charge in [-0.25, -0.2) is 0 Å². The van der Waals surface area contributed by atoms with Crippen LogP contribution in [0.2, 0.25) is 0 Å². The van der Waals surface area contributed by atoms with Gasteiger partial charge in [0.05, 0.1) is 26.2 Å². The van der Waals surface area contributed by atoms with Crippen LogP contribution < -0.4 is 10.2 Å². The van der Waals surface area contributed by atoms with Gasteiger partial charge in [-0.2, -0.15) is 0 Å². The largest absolute Gasteiger partial charge is 0.545 e. The SMILES string of the molecule is O=C([O-])c1ccc(C(=O)[O-])c(CP(=O)(C2CCCCC2)C2CCCCC2)c1CP(=O)(C1CCCCC1)C1CCCCC1. The average molecular weight is 617 g/mol. The van der Waals surface area contributed by atoms with Crippen LogP contribution in [0.25, 0.3) is 0 Å². The minimum Gasteiger partial charge on any atom is -0.545 e. The Morgan fingerprint density at radius 1 is 0.500 bits per heavy atom. The van der Waals surface area contributed by atoms with Crippen molar-refractivity contribution in [3.05, 3.63) is 34.4 Å². The van der Waals surface area contributed by atoms with Crippen molar-refractivity contribution in [2.45, 2.75) is 163 Å². The fourth-order valence-corrected chi connectivity index (χ4v) is 18.0. The van der Waals surface area contributed by atoms with Gasteiger partial charge in [0.25, 0.3) is 0 Å². The van der Waals surface area contributed by atoms with Gasteiger partial charge in [0.2, 0.25) is 0 Å². The van der Waals surface area contributed by atoms with Gasteiger partial charge in [0, 0.05) is 46.1 Å². The average Bonchev–Trinajstić information content (AvgIpc) is 3.03. The van der Waals surface area contributed by atoms with E-state index in [1.54, 1.807) is 0 Å². The Kier molecular flexibility index (Phi) is 10.8. The fourth-order valence-electron chi connectivity index (χ4n) is 9.12. The van der Waals surface area contributed by atoms with Crippen LogP contribution in [-0.4, -0.2) is 34.6 Å². The molecule has 5 rings (SSSR count). The van der Waals surface area contributed by atoms with Crippen molar-refractivity contribution in [3.63, 3.8) is 0 Å². The summed E-state index contributed by atoms with van der Waals surface area (Å²) in [6, 6.07) is 2.63. The summed E-state index contributed by atoms with van der Waals surface area (Å²) in [6.07, 6.45) is 19.9. The molecule has 1 aromatic carbocycles. The monoisotopic (exact) mass is 616 g/mol. The second kappa shape index (κ2) is 14.2. The number of hydrogen-bond donors (Lipinski definition) is 0. The minimum atomic E-state index is -2.96. The van der Waals surface area contributed by atoms with Crippen molar-refractivity contribution >= 4 is 26.2 Å². The summed E-state index contributed by atoms with van der Waals surface area (Å²) in [5, 5.41) is 25.3. The Bertz CT molecular complexity index is 1060. The van der Waals surface area contributed by atoms with E-state index in [4.69, 9.17) is 0 Å². The molecule has 4 aliphatic carbocycles. The summed E-state index contributed by atoms with van der Waals surface area (Å²) >= 11 is 0. The molecule has 0 unspecified atom stereocenters. The van der Waals surface area contributed by atoms with Crippen LogP contribution in [0.3, 0.4) is 0 Å². The zero-order valence-corrected chi connectivity index (χ0v) is 27.2. The summed E-state index contributed by atoms with van der Waals surface area (Å²) in [4.78, 5) is 25.3. The van der Waals surface area contributed by atoms with E-state index in [2.05, 4.69) is 0 Å². The first-order valence-electron chi connectivity index (χ1n) is 17.0. The summed E-state index contributed by atoms with van der Waals surface area (Å²) in [6.45, 7) is 0. The van der Waals surface area contributed by atoms with E-state index < -0.39 is 26.2 Å². The van der Waals surface area contributed by atoms with E-state index in [0.29, 0.717) is 11.1 Å². The molecule has 0 spiro atoms. The molecule has 4 aliphatic rings. The molecular weight excluding hydrogens is 566 g/mol. The summed E-state index contributed by atoms with van der Waals surface area (Å²) in [5.74, 6) is -2.75. The third-order valence-electron chi connectivity index (χ3n) is 11.5. The molecule has 0 heterocycles. The smallest absolute Gasteiger partial charge is 0.0977 e. The van der Waals surface area contributed by atoms with Crippen LogP contribution in [0.15, 0.2) is 12.1 Å². The highest BCUT2D eigenvalue weighted by atomic mass is 31.2. The second-order valence-corrected chi connectivity index (χ2v) is 20.9. The Balaban J connectivity index is 1.65. The van der Waals surface area contributed by atoms with E-state index in [1.165, 1.54) is 12.1 Å². The second-order valence-electron chi connectivity index (χ2n) is 13.9. The van der Waals surface area contributed by atoms with Gasteiger partial charge in [-0.3, -0.25) is 0 Å². The number of carboxylic acids is 2. The first kappa shape index (κ1) is 32.0. The number of carboxylic acid groups (broad SMARTS) is 2. The van der Waals surface area contributed by atoms with Crippen LogP contribution in [-0.2, 0) is 21.5 Å². The molecule has 4 fully saturated rings. The van der Waals surface area contributed by atoms with Gasteiger partial charge in [-0.15, -0.1) is 0 Å². The quantitative estimate of drug-likeness (QED) is 0.252. The maximum absolute atomic E-state index is 15.4. The lowest BCUT2D eigenvalue weighted by atomic mass is 9.97. The molecule has 8 heteroatoms. The van der Waals surface area contributed by atoms with Gasteiger partial charge in [-0.05, 0) is 62.5 Å². The number of carbonyl (C=O) groups excluding carboxylic acids is 2. The predicted octanol–water partition coefficient (Wildman–Crippen LogP) is 7.47. The lowest BCUT2D eigenvalue weighted by Gasteiger charge is -2.41. The summed E-state index contributed by atoms with van der Waals surface area (Å²) < 4.78 is 30.8. The lowest BCUT2D eigenvalue weighted by molar-refractivity contribution is -0.256. The molecular formula is C34H50O6P2-2. The Morgan fingerprint density at radius 2 is 0.738 bits per heavy atom. The van der Waals surface area contributed by atoms with Gasteiger partial charge in [0.15, 0.2) is 0 Å². The normalized spacial score (nSPS) is 22.7. The van der Waals surface area contributed by atoms with E-state index in [-0.39, 0.29) is 46.1 Å². The van der Waals surface area contributed by atoms with Crippen LogP contribution in [0.1, 0.15) is 160 Å². The molecule has 1 aromatic rings. The molecule has 0 radical (unpaired) electrons. The molecule has 6 nitrogen and oxygen atoms in total. The Morgan fingerprint density at radius 3 is 0.952 bits per heavy atom. The van der Waals surface area contributed by atoms with Crippen molar-refractivity contribution in [1.82, 2.24) is 0 Å². The Hall–Kier alpha value is -1.38. The predicted molar refractivity (Wildman–Crippen MR) is 165 cm³/mol. The van der Waals surface area contributed by atoms with Gasteiger partial charge in [0.1, 0.15) is 0 Å². The number of benzene rings is 1. The number of rotatable bonds is 10. The van der Waals surface area contributed by atoms with E-state index in [9.17, 15) is 19.8 Å². The first-order valence-corrected chi connectivity index (χ1v) is 21.0. The molecule has 0 amide bonds. The van der Waals surface area contributed by atoms with E-state index >= 15 is 9.13 Å². The van der Waals surface area contributed by atoms with Gasteiger partial charge >= 0.3 is 0 Å². The highest BCUT2D eigenvalue weighted by molar-refractivity contribution is 7.65. The summed E-state index contributed by atoms with van der Waals surface area (Å²) in [7, 11) is -5.92. The Labute approximate surface area is 252 Å². The fraction of sp³-hybridized carbons (Fsp3) is 0.765. The first-order chi connectivity index (χ1) is 20.2. The highest BCUT2D eigenvalue weighted by Crippen LogP contribution is 2.68. The third kappa shape index (κ3) is 6.81. The van der Waals surface area contributed by atoms with E-state index in [1.807, 2.05) is 0 Å². The molecule has 0 N–H and O–H groups in total. The topological polar surface area (TPSA) is 114 Å². The maximum atomic E-state index is 15.4. The molecule has 0 bridgehead atoms. The van der Waals surface area contributed by atoms with Crippen molar-refractivity contribution in [2.24, 2.45) is 0 Å². The third-order valence-corrected chi connectivity index (χ3v) is 20.1. The zero-order chi connectivity index (χ0) is 29.7. The molecule has 0 aromatic heterocycles. The molecule has 4 saturated carbocycles. The van der Waals surface area contributed by atoms with Crippen LogP contribution >= 0.6 is 14.3 Å². The standard InChI is InChI=1S/C34H52O6P2/c35-33(36)29-21-22-30(34(37)38)32(24-42(40,27-17-9-3-10-18-27)28-19-11-4-12-20-28)31(29)23-41(39,25-13-5-1-6-14-25)26-15-7-2-8-16-26/h21-22,25-28H,1-20,23-24H2,(H,35,36)(H,37,38)/p-2. The number of hydrogen-bond acceptors (Lipinski definition) is 6. The number of aromatic carboxylic acids is 2. The molecule has 42 heavy (non-hydrogen) atoms. The summed E-state index contributed by atoms with van der Waals surface area (Å²) in [5.41, 5.74) is 0.671. The molecule has 0 saturated heterocycles. The maximum Gasteiger partial charge on any atom is 0.0977 e. The van der Waals surface area contributed by atoms with Crippen molar-refractivity contribution in [1.29, 1.82) is 0 Å². The molecule has 0 aliphatic heterocycles. The van der Waals surface area contributed by atoms with Crippen LogP contribution in [0, 0.1) is 0 Å².